The number of aliphatic hydroxyl groups excluding tert-OH is 1. The van der Waals surface area contributed by atoms with Crippen LogP contribution in [0.25, 0.3) is 0 Å². The van der Waals surface area contributed by atoms with Crippen molar-refractivity contribution < 1.29 is 14.6 Å². The number of nitrogens with zero attached hydrogens (tertiary/aromatic N) is 1. The van der Waals surface area contributed by atoms with E-state index < -0.39 is 6.10 Å². The van der Waals surface area contributed by atoms with Gasteiger partial charge in [0.15, 0.2) is 6.61 Å². The summed E-state index contributed by atoms with van der Waals surface area (Å²) in [6, 6.07) is 5.10. The molecule has 0 bridgehead atoms. The molecule has 5 nitrogen and oxygen atoms in total. The lowest BCUT2D eigenvalue weighted by Crippen LogP contribution is -2.45. The van der Waals surface area contributed by atoms with Crippen molar-refractivity contribution in [2.24, 2.45) is 0 Å². The Morgan fingerprint density at radius 3 is 3.11 bits per heavy atom. The van der Waals surface area contributed by atoms with E-state index in [4.69, 9.17) is 16.3 Å². The number of hydrogen-bond acceptors (Lipinski definition) is 4. The molecule has 1 aliphatic rings. The van der Waals surface area contributed by atoms with Crippen LogP contribution in [-0.4, -0.2) is 43.9 Å². The summed E-state index contributed by atoms with van der Waals surface area (Å²) in [4.78, 5) is 13.3. The van der Waals surface area contributed by atoms with Crippen molar-refractivity contribution in [2.75, 3.05) is 31.6 Å². The van der Waals surface area contributed by atoms with Crippen LogP contribution in [0.15, 0.2) is 18.2 Å². The number of ether oxygens (including phenoxy) is 1. The largest absolute Gasteiger partial charge is 0.482 e. The topological polar surface area (TPSA) is 61.8 Å². The number of carbonyl (C=O) groups is 1. The van der Waals surface area contributed by atoms with Gasteiger partial charge in [0.1, 0.15) is 5.75 Å². The van der Waals surface area contributed by atoms with E-state index in [9.17, 15) is 9.90 Å². The summed E-state index contributed by atoms with van der Waals surface area (Å²) in [7, 11) is 1.75. The minimum absolute atomic E-state index is 0.0130. The van der Waals surface area contributed by atoms with E-state index in [1.54, 1.807) is 25.2 Å². The summed E-state index contributed by atoms with van der Waals surface area (Å²) >= 11 is 5.92. The summed E-state index contributed by atoms with van der Waals surface area (Å²) < 4.78 is 5.32. The fourth-order valence-electron chi connectivity index (χ4n) is 1.89. The minimum Gasteiger partial charge on any atom is -0.482 e. The van der Waals surface area contributed by atoms with E-state index >= 15 is 0 Å². The van der Waals surface area contributed by atoms with E-state index in [-0.39, 0.29) is 19.1 Å². The second kappa shape index (κ2) is 5.56. The molecule has 1 aromatic rings. The van der Waals surface area contributed by atoms with Gasteiger partial charge in [0.05, 0.1) is 18.3 Å². The van der Waals surface area contributed by atoms with Crippen molar-refractivity contribution in [3.63, 3.8) is 0 Å². The molecule has 1 unspecified atom stereocenters. The summed E-state index contributed by atoms with van der Waals surface area (Å²) in [5.41, 5.74) is 0.605. The third-order valence-electron chi connectivity index (χ3n) is 2.70. The van der Waals surface area contributed by atoms with Gasteiger partial charge in [0.2, 0.25) is 0 Å². The lowest BCUT2D eigenvalue weighted by atomic mass is 10.2. The number of nitrogens with one attached hydrogen (secondary N) is 1. The zero-order chi connectivity index (χ0) is 13.1. The number of carbonyl (C=O) groups excluding carboxylic acids is 1. The van der Waals surface area contributed by atoms with Crippen LogP contribution in [-0.2, 0) is 4.79 Å². The van der Waals surface area contributed by atoms with E-state index in [2.05, 4.69) is 5.32 Å². The molecule has 0 aliphatic carbocycles. The van der Waals surface area contributed by atoms with Crippen LogP contribution in [0.3, 0.4) is 0 Å². The van der Waals surface area contributed by atoms with Gasteiger partial charge in [-0.25, -0.2) is 0 Å². The monoisotopic (exact) mass is 270 g/mol. The number of likely N-dealkylation sites (N-methyl/N-ethyl adjacent to an activating group) is 1. The average Bonchev–Trinajstić information content (AvgIpc) is 2.33. The number of aliphatic hydroxyl groups is 1. The molecular weight excluding hydrogens is 256 g/mol. The number of fused-ring (bicyclic) bond motifs is 1. The fraction of sp³-hybridized carbons (Fsp3) is 0.417. The molecule has 0 saturated carbocycles. The van der Waals surface area contributed by atoms with Crippen molar-refractivity contribution in [1.29, 1.82) is 0 Å². The third-order valence-corrected chi connectivity index (χ3v) is 2.93. The minimum atomic E-state index is -0.635. The van der Waals surface area contributed by atoms with Gasteiger partial charge in [-0.15, -0.1) is 0 Å². The first-order valence-corrected chi connectivity index (χ1v) is 6.05. The second-order valence-electron chi connectivity index (χ2n) is 4.12. The van der Waals surface area contributed by atoms with E-state index in [0.29, 0.717) is 23.0 Å². The zero-order valence-corrected chi connectivity index (χ0v) is 10.8. The van der Waals surface area contributed by atoms with Crippen LogP contribution in [0, 0.1) is 0 Å². The highest BCUT2D eigenvalue weighted by molar-refractivity contribution is 6.31. The van der Waals surface area contributed by atoms with Gasteiger partial charge in [-0.05, 0) is 25.2 Å². The van der Waals surface area contributed by atoms with Crippen molar-refractivity contribution in [1.82, 2.24) is 5.32 Å². The average molecular weight is 271 g/mol. The molecule has 1 aliphatic heterocycles. The molecule has 1 atom stereocenters. The highest BCUT2D eigenvalue weighted by Crippen LogP contribution is 2.34. The molecule has 1 heterocycles. The summed E-state index contributed by atoms with van der Waals surface area (Å²) in [6.45, 7) is 0.623. The lowest BCUT2D eigenvalue weighted by Gasteiger charge is -2.31. The van der Waals surface area contributed by atoms with Gasteiger partial charge in [-0.2, -0.15) is 0 Å². The van der Waals surface area contributed by atoms with Gasteiger partial charge in [-0.3, -0.25) is 4.79 Å². The summed E-state index contributed by atoms with van der Waals surface area (Å²) in [6.07, 6.45) is -0.635. The summed E-state index contributed by atoms with van der Waals surface area (Å²) in [5, 5.41) is 13.2. The predicted octanol–water partition coefficient (Wildman–Crippen LogP) is 0.646. The Kier molecular flexibility index (Phi) is 4.06. The molecule has 0 spiro atoms. The number of β-amino-alcohol motifs (C(OH)–C–C–N with tert-alkyl or cyclic N) is 1. The SMILES string of the molecule is CNCC(O)CN1C(=O)COc2ccc(Cl)cc21. The molecule has 0 fully saturated rings. The predicted molar refractivity (Wildman–Crippen MR) is 69.2 cm³/mol. The Bertz CT molecular complexity index is 453. The normalized spacial score (nSPS) is 16.2. The van der Waals surface area contributed by atoms with Crippen LogP contribution in [0.5, 0.6) is 5.75 Å². The molecule has 0 radical (unpaired) electrons. The molecule has 18 heavy (non-hydrogen) atoms. The molecule has 1 amide bonds. The number of amides is 1. The molecule has 1 aromatic carbocycles. The van der Waals surface area contributed by atoms with Crippen LogP contribution in [0.4, 0.5) is 5.69 Å². The van der Waals surface area contributed by atoms with Crippen LogP contribution < -0.4 is 15.0 Å². The molecule has 0 aromatic heterocycles. The van der Waals surface area contributed by atoms with Gasteiger partial charge in [0, 0.05) is 11.6 Å². The van der Waals surface area contributed by atoms with Crippen LogP contribution in [0.2, 0.25) is 5.02 Å². The molecule has 6 heteroatoms. The first kappa shape index (κ1) is 13.1. The van der Waals surface area contributed by atoms with E-state index in [1.165, 1.54) is 4.90 Å². The third kappa shape index (κ3) is 2.75. The van der Waals surface area contributed by atoms with Crippen molar-refractivity contribution in [2.45, 2.75) is 6.10 Å². The van der Waals surface area contributed by atoms with Gasteiger partial charge < -0.3 is 20.1 Å². The van der Waals surface area contributed by atoms with E-state index in [0.717, 1.165) is 0 Å². The Balaban J connectivity index is 2.24. The van der Waals surface area contributed by atoms with Gasteiger partial charge in [-0.1, -0.05) is 11.6 Å². The zero-order valence-electron chi connectivity index (χ0n) is 10.0. The number of halogens is 1. The Hall–Kier alpha value is -1.30. The highest BCUT2D eigenvalue weighted by Gasteiger charge is 2.27. The van der Waals surface area contributed by atoms with E-state index in [1.807, 2.05) is 0 Å². The Morgan fingerprint density at radius 1 is 1.61 bits per heavy atom. The summed E-state index contributed by atoms with van der Waals surface area (Å²) in [5.74, 6) is 0.426. The molecule has 2 N–H and O–H groups in total. The lowest BCUT2D eigenvalue weighted by molar-refractivity contribution is -0.121. The maximum atomic E-state index is 11.8. The first-order valence-electron chi connectivity index (χ1n) is 5.67. The van der Waals surface area contributed by atoms with Crippen molar-refractivity contribution in [3.8, 4) is 5.75 Å². The van der Waals surface area contributed by atoms with Crippen LogP contribution >= 0.6 is 11.6 Å². The molecule has 0 saturated heterocycles. The van der Waals surface area contributed by atoms with Gasteiger partial charge >= 0.3 is 0 Å². The van der Waals surface area contributed by atoms with Gasteiger partial charge in [0.25, 0.3) is 5.91 Å². The van der Waals surface area contributed by atoms with Crippen LogP contribution in [0.1, 0.15) is 0 Å². The molecule has 2 rings (SSSR count). The first-order chi connectivity index (χ1) is 8.61. The maximum absolute atomic E-state index is 11.8. The number of anilines is 1. The fourth-order valence-corrected chi connectivity index (χ4v) is 2.05. The Labute approximate surface area is 110 Å². The van der Waals surface area contributed by atoms with Crippen molar-refractivity contribution >= 4 is 23.2 Å². The Morgan fingerprint density at radius 2 is 2.39 bits per heavy atom. The smallest absolute Gasteiger partial charge is 0.265 e. The maximum Gasteiger partial charge on any atom is 0.265 e. The molecule has 98 valence electrons. The highest BCUT2D eigenvalue weighted by atomic mass is 35.5. The number of benzene rings is 1. The molecular formula is C12H15ClN2O3. The second-order valence-corrected chi connectivity index (χ2v) is 4.55. The number of hydrogen-bond donors (Lipinski definition) is 2. The van der Waals surface area contributed by atoms with Crippen molar-refractivity contribution in [3.05, 3.63) is 23.2 Å². The quantitative estimate of drug-likeness (QED) is 0.843. The standard InChI is InChI=1S/C12H15ClN2O3/c1-14-5-9(16)6-15-10-4-8(13)2-3-11(10)18-7-12(15)17/h2-4,9,14,16H,5-7H2,1H3. The number of rotatable bonds is 4.